The Morgan fingerprint density at radius 3 is 2.46 bits per heavy atom. The molecule has 1 aliphatic heterocycles. The maximum atomic E-state index is 12.6. The van der Waals surface area contributed by atoms with Crippen LogP contribution in [-0.4, -0.2) is 55.7 Å². The van der Waals surface area contributed by atoms with E-state index in [-0.39, 0.29) is 24.3 Å². The van der Waals surface area contributed by atoms with Crippen LogP contribution in [0.2, 0.25) is 5.02 Å². The fraction of sp³-hybridized carbons (Fsp3) is 0.529. The highest BCUT2D eigenvalue weighted by Crippen LogP contribution is 2.15. The number of hydrogen-bond donors (Lipinski definition) is 1. The van der Waals surface area contributed by atoms with E-state index in [2.05, 4.69) is 5.32 Å². The second-order valence-electron chi connectivity index (χ2n) is 5.97. The molecular weight excluding hydrogens is 332 g/mol. The van der Waals surface area contributed by atoms with Gasteiger partial charge in [-0.05, 0) is 30.2 Å². The third-order valence-corrected chi connectivity index (χ3v) is 4.01. The molecule has 0 aliphatic carbocycles. The molecule has 24 heavy (non-hydrogen) atoms. The summed E-state index contributed by atoms with van der Waals surface area (Å²) in [6.45, 7) is 5.83. The summed E-state index contributed by atoms with van der Waals surface area (Å²) in [5.41, 5.74) is 0. The van der Waals surface area contributed by atoms with E-state index in [1.54, 1.807) is 29.2 Å². The lowest BCUT2D eigenvalue weighted by atomic mass is 10.0. The van der Waals surface area contributed by atoms with Crippen LogP contribution in [0.1, 0.15) is 13.8 Å². The van der Waals surface area contributed by atoms with Crippen LogP contribution >= 0.6 is 11.6 Å². The van der Waals surface area contributed by atoms with Crippen LogP contribution in [0.4, 0.5) is 0 Å². The van der Waals surface area contributed by atoms with E-state index in [9.17, 15) is 9.59 Å². The second-order valence-corrected chi connectivity index (χ2v) is 6.41. The van der Waals surface area contributed by atoms with Crippen molar-refractivity contribution in [2.24, 2.45) is 5.92 Å². The first kappa shape index (κ1) is 18.5. The smallest absolute Gasteiger partial charge is 0.258 e. The fourth-order valence-corrected chi connectivity index (χ4v) is 2.51. The van der Waals surface area contributed by atoms with Gasteiger partial charge in [0.05, 0.1) is 13.2 Å². The number of benzene rings is 1. The number of hydrogen-bond acceptors (Lipinski definition) is 4. The molecule has 0 bridgehead atoms. The van der Waals surface area contributed by atoms with Crippen LogP contribution < -0.4 is 10.1 Å². The molecule has 2 rings (SSSR count). The molecule has 1 saturated heterocycles. The highest BCUT2D eigenvalue weighted by Gasteiger charge is 2.29. The Morgan fingerprint density at radius 2 is 1.88 bits per heavy atom. The highest BCUT2D eigenvalue weighted by atomic mass is 35.5. The maximum Gasteiger partial charge on any atom is 0.258 e. The van der Waals surface area contributed by atoms with Crippen LogP contribution in [0.25, 0.3) is 0 Å². The summed E-state index contributed by atoms with van der Waals surface area (Å²) in [6, 6.07) is 6.19. The summed E-state index contributed by atoms with van der Waals surface area (Å²) in [5.74, 6) is 0.133. The minimum atomic E-state index is -0.565. The average Bonchev–Trinajstić information content (AvgIpc) is 2.59. The predicted octanol–water partition coefficient (Wildman–Crippen LogP) is 1.72. The molecular formula is C17H23ClN2O4. The number of amides is 2. The quantitative estimate of drug-likeness (QED) is 0.844. The molecule has 1 fully saturated rings. The van der Waals surface area contributed by atoms with Gasteiger partial charge < -0.3 is 19.7 Å². The summed E-state index contributed by atoms with van der Waals surface area (Å²) < 4.78 is 10.7. The molecule has 0 aromatic heterocycles. The third-order valence-electron chi connectivity index (χ3n) is 3.76. The van der Waals surface area contributed by atoms with E-state index in [4.69, 9.17) is 21.1 Å². The number of carbonyl (C=O) groups is 2. The topological polar surface area (TPSA) is 67.9 Å². The first-order valence-corrected chi connectivity index (χ1v) is 8.39. The lowest BCUT2D eigenvalue weighted by molar-refractivity contribution is -0.141. The Labute approximate surface area is 147 Å². The SMILES string of the molecule is CC(C)[C@H](NC(=O)COc1ccc(Cl)cc1)C(=O)N1CCOCC1. The normalized spacial score (nSPS) is 15.9. The summed E-state index contributed by atoms with van der Waals surface area (Å²) in [7, 11) is 0. The molecule has 1 aromatic rings. The largest absolute Gasteiger partial charge is 0.484 e. The molecule has 0 saturated carbocycles. The van der Waals surface area contributed by atoms with Crippen molar-refractivity contribution in [1.82, 2.24) is 10.2 Å². The molecule has 0 spiro atoms. The second kappa shape index (κ2) is 8.89. The Morgan fingerprint density at radius 1 is 1.25 bits per heavy atom. The number of halogens is 1. The number of nitrogens with one attached hydrogen (secondary N) is 1. The van der Waals surface area contributed by atoms with E-state index in [1.165, 1.54) is 0 Å². The van der Waals surface area contributed by atoms with E-state index in [0.29, 0.717) is 37.1 Å². The highest BCUT2D eigenvalue weighted by molar-refractivity contribution is 6.30. The van der Waals surface area contributed by atoms with Gasteiger partial charge in [-0.15, -0.1) is 0 Å². The molecule has 0 radical (unpaired) electrons. The molecule has 1 N–H and O–H groups in total. The number of morpholine rings is 1. The van der Waals surface area contributed by atoms with Crippen molar-refractivity contribution in [3.8, 4) is 5.75 Å². The zero-order chi connectivity index (χ0) is 17.5. The van der Waals surface area contributed by atoms with Crippen molar-refractivity contribution in [2.75, 3.05) is 32.9 Å². The van der Waals surface area contributed by atoms with Crippen LogP contribution in [-0.2, 0) is 14.3 Å². The number of rotatable bonds is 6. The van der Waals surface area contributed by atoms with Crippen molar-refractivity contribution in [2.45, 2.75) is 19.9 Å². The van der Waals surface area contributed by atoms with Crippen LogP contribution in [0.15, 0.2) is 24.3 Å². The third kappa shape index (κ3) is 5.39. The van der Waals surface area contributed by atoms with E-state index in [0.717, 1.165) is 0 Å². The van der Waals surface area contributed by atoms with Crippen molar-refractivity contribution >= 4 is 23.4 Å². The van der Waals surface area contributed by atoms with Crippen molar-refractivity contribution in [3.63, 3.8) is 0 Å². The summed E-state index contributed by atoms with van der Waals surface area (Å²) >= 11 is 5.80. The maximum absolute atomic E-state index is 12.6. The van der Waals surface area contributed by atoms with Gasteiger partial charge in [0.15, 0.2) is 6.61 Å². The molecule has 132 valence electrons. The van der Waals surface area contributed by atoms with Gasteiger partial charge in [0.2, 0.25) is 5.91 Å². The molecule has 1 aliphatic rings. The Hall–Kier alpha value is -1.79. The summed E-state index contributed by atoms with van der Waals surface area (Å²) in [6.07, 6.45) is 0. The minimum Gasteiger partial charge on any atom is -0.484 e. The van der Waals surface area contributed by atoms with Gasteiger partial charge >= 0.3 is 0 Å². The van der Waals surface area contributed by atoms with E-state index >= 15 is 0 Å². The number of ether oxygens (including phenoxy) is 2. The van der Waals surface area contributed by atoms with Gasteiger partial charge in [-0.1, -0.05) is 25.4 Å². The minimum absolute atomic E-state index is 0.0140. The Balaban J connectivity index is 1.88. The average molecular weight is 355 g/mol. The van der Waals surface area contributed by atoms with Gasteiger partial charge in [-0.2, -0.15) is 0 Å². The monoisotopic (exact) mass is 354 g/mol. The van der Waals surface area contributed by atoms with Crippen molar-refractivity contribution in [1.29, 1.82) is 0 Å². The molecule has 7 heteroatoms. The van der Waals surface area contributed by atoms with Crippen molar-refractivity contribution < 1.29 is 19.1 Å². The van der Waals surface area contributed by atoms with Gasteiger partial charge in [0.25, 0.3) is 5.91 Å². The van der Waals surface area contributed by atoms with Crippen LogP contribution in [0, 0.1) is 5.92 Å². The van der Waals surface area contributed by atoms with Gasteiger partial charge in [-0.25, -0.2) is 0 Å². The first-order chi connectivity index (χ1) is 11.5. The fourth-order valence-electron chi connectivity index (χ4n) is 2.39. The lowest BCUT2D eigenvalue weighted by Crippen LogP contribution is -2.54. The van der Waals surface area contributed by atoms with Crippen LogP contribution in [0.3, 0.4) is 0 Å². The summed E-state index contributed by atoms with van der Waals surface area (Å²) in [5, 5.41) is 3.37. The first-order valence-electron chi connectivity index (χ1n) is 8.01. The Kier molecular flexibility index (Phi) is 6.87. The van der Waals surface area contributed by atoms with E-state index < -0.39 is 6.04 Å². The number of nitrogens with zero attached hydrogens (tertiary/aromatic N) is 1. The molecule has 6 nitrogen and oxygen atoms in total. The predicted molar refractivity (Wildman–Crippen MR) is 91.1 cm³/mol. The lowest BCUT2D eigenvalue weighted by Gasteiger charge is -2.32. The van der Waals surface area contributed by atoms with Gasteiger partial charge in [0.1, 0.15) is 11.8 Å². The molecule has 1 heterocycles. The summed E-state index contributed by atoms with van der Waals surface area (Å²) in [4.78, 5) is 26.4. The standard InChI is InChI=1S/C17H23ClN2O4/c1-12(2)16(17(22)20-7-9-23-10-8-20)19-15(21)11-24-14-5-3-13(18)4-6-14/h3-6,12,16H,7-11H2,1-2H3,(H,19,21)/t16-/m0/s1. The zero-order valence-electron chi connectivity index (χ0n) is 14.0. The molecule has 1 aromatic carbocycles. The van der Waals surface area contributed by atoms with Crippen LogP contribution in [0.5, 0.6) is 5.75 Å². The van der Waals surface area contributed by atoms with Gasteiger partial charge in [0, 0.05) is 18.1 Å². The molecule has 2 amide bonds. The van der Waals surface area contributed by atoms with E-state index in [1.807, 2.05) is 13.8 Å². The molecule has 0 unspecified atom stereocenters. The van der Waals surface area contributed by atoms with Crippen molar-refractivity contribution in [3.05, 3.63) is 29.3 Å². The molecule has 1 atom stereocenters. The van der Waals surface area contributed by atoms with Gasteiger partial charge in [-0.3, -0.25) is 9.59 Å². The zero-order valence-corrected chi connectivity index (χ0v) is 14.7. The Bertz CT molecular complexity index is 556. The number of carbonyl (C=O) groups excluding carboxylic acids is 2.